The van der Waals surface area contributed by atoms with E-state index in [1.807, 2.05) is 25.1 Å². The van der Waals surface area contributed by atoms with Crippen molar-refractivity contribution in [2.75, 3.05) is 6.61 Å². The fraction of sp³-hybridized carbons (Fsp3) is 0.423. The minimum absolute atomic E-state index is 0.0595. The second-order valence-corrected chi connectivity index (χ2v) is 32.3. The quantitative estimate of drug-likeness (QED) is 0.0773. The van der Waals surface area contributed by atoms with Gasteiger partial charge < -0.3 is 39.2 Å². The molecule has 17 heteroatoms. The van der Waals surface area contributed by atoms with Crippen molar-refractivity contribution in [2.45, 2.75) is 135 Å². The molecule has 15 nitrogen and oxygen atoms in total. The third-order valence-electron chi connectivity index (χ3n) is 14.2. The molecule has 4 aliphatic rings. The molecule has 1 unspecified atom stereocenters. The Hall–Kier alpha value is -5.99. The number of aromatic hydroxyl groups is 1. The molecule has 0 radical (unpaired) electrons. The van der Waals surface area contributed by atoms with E-state index in [0.717, 1.165) is 69.2 Å². The van der Waals surface area contributed by atoms with Gasteiger partial charge >= 0.3 is 11.9 Å². The first-order valence-corrected chi connectivity index (χ1v) is 31.2. The van der Waals surface area contributed by atoms with E-state index in [9.17, 15) is 39.6 Å². The highest BCUT2D eigenvalue weighted by atomic mass is 28.3. The number of cyclic esters (lactones) is 2. The molecule has 69 heavy (non-hydrogen) atoms. The first-order valence-electron chi connectivity index (χ1n) is 23.8. The average molecular weight is 973 g/mol. The van der Waals surface area contributed by atoms with Gasteiger partial charge in [0.05, 0.1) is 58.1 Å². The molecule has 3 atom stereocenters. The van der Waals surface area contributed by atoms with Gasteiger partial charge in [-0.1, -0.05) is 65.2 Å². The van der Waals surface area contributed by atoms with Crippen molar-refractivity contribution in [1.82, 2.24) is 19.1 Å². The molecule has 4 aliphatic heterocycles. The number of phenols is 1. The maximum Gasteiger partial charge on any atom is 0.343 e. The van der Waals surface area contributed by atoms with E-state index in [0.29, 0.717) is 52.6 Å². The van der Waals surface area contributed by atoms with E-state index < -0.39 is 51.1 Å². The molecule has 0 spiro atoms. The van der Waals surface area contributed by atoms with Crippen molar-refractivity contribution in [1.29, 1.82) is 0 Å². The Morgan fingerprint density at radius 2 is 1.23 bits per heavy atom. The molecule has 0 amide bonds. The fourth-order valence-electron chi connectivity index (χ4n) is 10.2. The Labute approximate surface area is 401 Å². The minimum atomic E-state index is -1.92. The van der Waals surface area contributed by atoms with Gasteiger partial charge in [0.15, 0.2) is 17.4 Å². The number of aromatic nitrogens is 4. The van der Waals surface area contributed by atoms with Crippen LogP contribution in [-0.2, 0) is 62.9 Å². The zero-order valence-electron chi connectivity index (χ0n) is 40.7. The van der Waals surface area contributed by atoms with Crippen LogP contribution in [0.4, 0.5) is 0 Å². The van der Waals surface area contributed by atoms with Crippen LogP contribution >= 0.6 is 0 Å². The number of aryl methyl sites for hydroxylation is 2. The normalized spacial score (nSPS) is 20.0. The fourth-order valence-corrected chi connectivity index (χ4v) is 12.2. The van der Waals surface area contributed by atoms with Gasteiger partial charge in [0, 0.05) is 49.2 Å². The summed E-state index contributed by atoms with van der Waals surface area (Å²) in [6.07, 6.45) is 0.505. The molecule has 8 heterocycles. The number of carbonyl (C=O) groups excluding carboxylic acids is 2. The van der Waals surface area contributed by atoms with Gasteiger partial charge in [-0.3, -0.25) is 14.2 Å². The van der Waals surface area contributed by atoms with Crippen LogP contribution in [0.3, 0.4) is 0 Å². The second kappa shape index (κ2) is 17.2. The number of rotatable bonds is 10. The van der Waals surface area contributed by atoms with Crippen LogP contribution in [0.15, 0.2) is 58.1 Å². The van der Waals surface area contributed by atoms with Gasteiger partial charge in [-0.05, 0) is 92.3 Å². The van der Waals surface area contributed by atoms with E-state index in [4.69, 9.17) is 24.2 Å². The van der Waals surface area contributed by atoms with E-state index in [1.165, 1.54) is 4.57 Å². The lowest BCUT2D eigenvalue weighted by molar-refractivity contribution is -0.172. The number of pyridine rings is 4. The number of fused-ring (bicyclic) bond motifs is 10. The number of phenolic OH excluding ortho intramolecular Hbond substituents is 1. The molecule has 0 saturated heterocycles. The monoisotopic (exact) mass is 972 g/mol. The number of carbonyl (C=O) groups is 2. The van der Waals surface area contributed by atoms with Gasteiger partial charge in [0.1, 0.15) is 24.7 Å². The summed E-state index contributed by atoms with van der Waals surface area (Å²) in [4.78, 5) is 61.7. The van der Waals surface area contributed by atoms with Crippen LogP contribution in [0.25, 0.3) is 44.6 Å². The summed E-state index contributed by atoms with van der Waals surface area (Å²) in [5.74, 6) is -0.586. The summed E-state index contributed by atoms with van der Waals surface area (Å²) in [6, 6.07) is 16.3. The molecule has 4 aromatic heterocycles. The minimum Gasteiger partial charge on any atom is -0.508 e. The zero-order valence-corrected chi connectivity index (χ0v) is 42.7. The average Bonchev–Trinajstić information content (AvgIpc) is 3.81. The summed E-state index contributed by atoms with van der Waals surface area (Å²) >= 11 is 0. The lowest BCUT2D eigenvalue weighted by Gasteiger charge is -2.31. The maximum atomic E-state index is 13.6. The van der Waals surface area contributed by atoms with Crippen molar-refractivity contribution >= 4 is 49.9 Å². The molecule has 0 fully saturated rings. The highest BCUT2D eigenvalue weighted by molar-refractivity contribution is 6.76. The SMILES string of the molecule is CCOc1ccc2nc3c(c(CC[Si](C)(C)C)c2c1)C(O)n1c-3cc2c(c1=O)COC(=O)[C@]2(O)CC.CC[C@@]1(O)C(=O)OCc2c1cc1n(c2=O)Cc2c-1nc1ccc(O)cc1c2CC[Si](C)(C)C. The molecule has 362 valence electrons. The van der Waals surface area contributed by atoms with Crippen LogP contribution in [0.2, 0.25) is 51.4 Å². The largest absolute Gasteiger partial charge is 0.508 e. The lowest BCUT2D eigenvalue weighted by Crippen LogP contribution is -2.44. The summed E-state index contributed by atoms with van der Waals surface area (Å²) in [5, 5.41) is 45.7. The highest BCUT2D eigenvalue weighted by Crippen LogP contribution is 2.46. The molecule has 4 N–H and O–H groups in total. The third-order valence-corrected chi connectivity index (χ3v) is 17.7. The van der Waals surface area contributed by atoms with Crippen molar-refractivity contribution in [3.63, 3.8) is 0 Å². The van der Waals surface area contributed by atoms with Gasteiger partial charge in [-0.25, -0.2) is 19.6 Å². The molecule has 0 aliphatic carbocycles. The molecule has 0 saturated carbocycles. The second-order valence-electron chi connectivity index (χ2n) is 21.1. The number of aliphatic hydroxyl groups excluding tert-OH is 1. The number of hydrogen-bond donors (Lipinski definition) is 4. The van der Waals surface area contributed by atoms with E-state index >= 15 is 0 Å². The Kier molecular flexibility index (Phi) is 11.9. The first kappa shape index (κ1) is 48.1. The van der Waals surface area contributed by atoms with Crippen molar-refractivity contribution in [2.24, 2.45) is 0 Å². The zero-order chi connectivity index (χ0) is 49.7. The molecular weight excluding hydrogens is 913 g/mol. The summed E-state index contributed by atoms with van der Waals surface area (Å²) in [7, 11) is -2.80. The molecule has 2 aromatic carbocycles. The predicted molar refractivity (Wildman–Crippen MR) is 267 cm³/mol. The molecule has 10 rings (SSSR count). The van der Waals surface area contributed by atoms with Crippen LogP contribution in [0.5, 0.6) is 11.5 Å². The number of aliphatic hydroxyl groups is 3. The van der Waals surface area contributed by atoms with Crippen LogP contribution in [-0.4, -0.2) is 74.2 Å². The number of ether oxygens (including phenoxy) is 3. The first-order chi connectivity index (χ1) is 32.5. The van der Waals surface area contributed by atoms with Gasteiger partial charge in [0.25, 0.3) is 11.1 Å². The Morgan fingerprint density at radius 3 is 1.81 bits per heavy atom. The van der Waals surface area contributed by atoms with Crippen LogP contribution in [0, 0.1) is 0 Å². The highest BCUT2D eigenvalue weighted by Gasteiger charge is 2.48. The van der Waals surface area contributed by atoms with E-state index in [2.05, 4.69) is 39.3 Å². The standard InChI is InChI=1S/C27H32N2O6Si.C25H28N2O5Si/c1-6-27(33)19-13-21-23-22(25(31)29(21)24(30)18(19)14-35-26(27)32)16(10-11-36(3,4)5)17-12-15(34-7-2)8-9-20(17)28-23;1-5-25(31)19-11-21-22-17(12-27(21)23(29)18(19)13-32-24(25)30)15(8-9-33(2,3)4)16-10-14(28)6-7-20(16)26-22/h8-9,12-13,25,31,33H,6-7,10-11,14H2,1-5H3;6-7,10-11,28,31H,5,8-9,12-13H2,1-4H3/t25?,27-;25-/m00/s1. The van der Waals surface area contributed by atoms with Crippen LogP contribution in [0.1, 0.15) is 84.3 Å². The number of benzene rings is 2. The van der Waals surface area contributed by atoms with Crippen LogP contribution < -0.4 is 15.9 Å². The summed E-state index contributed by atoms with van der Waals surface area (Å²) in [6.45, 7) is 19.7. The Bertz CT molecular complexity index is 3280. The Balaban J connectivity index is 0.000000172. The van der Waals surface area contributed by atoms with Gasteiger partial charge in [-0.15, -0.1) is 0 Å². The lowest BCUT2D eigenvalue weighted by atomic mass is 9.86. The summed E-state index contributed by atoms with van der Waals surface area (Å²) < 4.78 is 19.0. The topological polar surface area (TPSA) is 213 Å². The van der Waals surface area contributed by atoms with Crippen molar-refractivity contribution in [3.8, 4) is 34.3 Å². The number of hydrogen-bond acceptors (Lipinski definition) is 13. The van der Waals surface area contributed by atoms with Gasteiger partial charge in [0.2, 0.25) is 0 Å². The van der Waals surface area contributed by atoms with E-state index in [1.54, 1.807) is 48.7 Å². The third kappa shape index (κ3) is 8.01. The molecular formula is C52H60N4O11Si2. The maximum absolute atomic E-state index is 13.6. The number of nitrogens with zero attached hydrogens (tertiary/aromatic N) is 4. The Morgan fingerprint density at radius 1 is 0.696 bits per heavy atom. The molecule has 0 bridgehead atoms. The summed E-state index contributed by atoms with van der Waals surface area (Å²) in [5.41, 5.74) is 3.88. The predicted octanol–water partition coefficient (Wildman–Crippen LogP) is 7.52. The number of esters is 2. The van der Waals surface area contributed by atoms with Crippen molar-refractivity contribution < 1.29 is 44.2 Å². The smallest absolute Gasteiger partial charge is 0.343 e. The van der Waals surface area contributed by atoms with E-state index in [-0.39, 0.29) is 48.5 Å². The van der Waals surface area contributed by atoms with Gasteiger partial charge in [-0.2, -0.15) is 0 Å². The molecule has 6 aromatic rings. The van der Waals surface area contributed by atoms with Crippen molar-refractivity contribution in [3.05, 3.63) is 114 Å².